The van der Waals surface area contributed by atoms with E-state index in [0.717, 1.165) is 51.8 Å². The summed E-state index contributed by atoms with van der Waals surface area (Å²) in [7, 11) is -3.87. The van der Waals surface area contributed by atoms with Crippen LogP contribution in [0.15, 0.2) is 71.2 Å². The average molecular weight is 696 g/mol. The number of amides is 2. The van der Waals surface area contributed by atoms with Gasteiger partial charge in [0, 0.05) is 39.1 Å². The van der Waals surface area contributed by atoms with E-state index in [1.54, 1.807) is 36.4 Å². The number of aryl methyl sites for hydroxylation is 1. The van der Waals surface area contributed by atoms with Crippen molar-refractivity contribution in [1.82, 2.24) is 10.2 Å². The van der Waals surface area contributed by atoms with Gasteiger partial charge in [-0.2, -0.15) is 0 Å². The van der Waals surface area contributed by atoms with Crippen LogP contribution < -0.4 is 9.62 Å². The molecule has 224 valence electrons. The number of hydrogen-bond acceptors (Lipinski definition) is 4. The fourth-order valence-corrected chi connectivity index (χ4v) is 6.78. The van der Waals surface area contributed by atoms with Gasteiger partial charge >= 0.3 is 0 Å². The van der Waals surface area contributed by atoms with Gasteiger partial charge < -0.3 is 10.2 Å². The molecule has 0 heterocycles. The van der Waals surface area contributed by atoms with Crippen LogP contribution in [0.5, 0.6) is 0 Å². The molecule has 3 aromatic carbocycles. The molecule has 1 aliphatic carbocycles. The molecule has 0 aromatic heterocycles. The molecule has 1 atom stereocenters. The number of hydrogen-bond donors (Lipinski definition) is 1. The van der Waals surface area contributed by atoms with Gasteiger partial charge in [-0.05, 0) is 61.2 Å². The average Bonchev–Trinajstić information content (AvgIpc) is 3.45. The molecular weight excluding hydrogens is 661 g/mol. The highest BCUT2D eigenvalue weighted by Gasteiger charge is 2.35. The van der Waals surface area contributed by atoms with Gasteiger partial charge in [-0.25, -0.2) is 8.42 Å². The number of carbonyl (C=O) groups is 2. The Morgan fingerprint density at radius 2 is 1.64 bits per heavy atom. The molecule has 1 aliphatic rings. The van der Waals surface area contributed by atoms with Crippen LogP contribution in [0.4, 0.5) is 5.69 Å². The maximum absolute atomic E-state index is 14.3. The van der Waals surface area contributed by atoms with Crippen LogP contribution >= 0.6 is 39.1 Å². The van der Waals surface area contributed by atoms with Crippen molar-refractivity contribution < 1.29 is 18.0 Å². The first kappa shape index (κ1) is 32.3. The van der Waals surface area contributed by atoms with Gasteiger partial charge in [-0.3, -0.25) is 13.9 Å². The molecule has 0 saturated heterocycles. The molecule has 0 radical (unpaired) electrons. The molecule has 42 heavy (non-hydrogen) atoms. The Morgan fingerprint density at radius 1 is 1.00 bits per heavy atom. The number of benzene rings is 3. The molecule has 0 spiro atoms. The number of nitrogens with zero attached hydrogens (tertiary/aromatic N) is 2. The Balaban J connectivity index is 1.77. The Morgan fingerprint density at radius 3 is 2.24 bits per heavy atom. The van der Waals surface area contributed by atoms with E-state index in [-0.39, 0.29) is 24.9 Å². The third-order valence-electron chi connectivity index (χ3n) is 7.47. The van der Waals surface area contributed by atoms with Crippen LogP contribution in [0.25, 0.3) is 0 Å². The van der Waals surface area contributed by atoms with E-state index in [1.165, 1.54) is 4.90 Å². The van der Waals surface area contributed by atoms with Crippen molar-refractivity contribution in [2.75, 3.05) is 17.1 Å². The SMILES string of the molecule is Cc1cc(N(CC(=O)N(Cc2c(Cl)cccc2Cl)C(Cc2ccccc2)C(=O)NC2CCCC2)S(C)(=O)=O)ccc1Br. The molecule has 1 fully saturated rings. The minimum absolute atomic E-state index is 0.0230. The summed E-state index contributed by atoms with van der Waals surface area (Å²) in [5.74, 6) is -0.854. The molecule has 11 heteroatoms. The summed E-state index contributed by atoms with van der Waals surface area (Å²) in [6.45, 7) is 1.25. The van der Waals surface area contributed by atoms with E-state index < -0.39 is 28.5 Å². The highest BCUT2D eigenvalue weighted by atomic mass is 79.9. The Bertz CT molecular complexity index is 1510. The summed E-state index contributed by atoms with van der Waals surface area (Å²) >= 11 is 16.5. The smallest absolute Gasteiger partial charge is 0.244 e. The number of rotatable bonds is 11. The van der Waals surface area contributed by atoms with Crippen LogP contribution in [0, 0.1) is 6.92 Å². The fraction of sp³-hybridized carbons (Fsp3) is 0.355. The number of carbonyl (C=O) groups excluding carboxylic acids is 2. The maximum Gasteiger partial charge on any atom is 0.244 e. The summed E-state index contributed by atoms with van der Waals surface area (Å²) in [5, 5.41) is 3.83. The molecular formula is C31H34BrCl2N3O4S. The zero-order valence-corrected chi connectivity index (χ0v) is 27.4. The first-order valence-electron chi connectivity index (χ1n) is 13.7. The molecule has 0 aliphatic heterocycles. The van der Waals surface area contributed by atoms with Gasteiger partial charge in [0.1, 0.15) is 12.6 Å². The van der Waals surface area contributed by atoms with E-state index in [4.69, 9.17) is 23.2 Å². The molecule has 1 unspecified atom stereocenters. The lowest BCUT2D eigenvalue weighted by atomic mass is 10.0. The van der Waals surface area contributed by atoms with Crippen molar-refractivity contribution in [3.63, 3.8) is 0 Å². The van der Waals surface area contributed by atoms with Crippen molar-refractivity contribution >= 4 is 66.7 Å². The van der Waals surface area contributed by atoms with E-state index in [2.05, 4.69) is 21.2 Å². The molecule has 0 bridgehead atoms. The monoisotopic (exact) mass is 693 g/mol. The Hall–Kier alpha value is -2.59. The minimum Gasteiger partial charge on any atom is -0.352 e. The number of halogens is 3. The standard InChI is InChI=1S/C31H34BrCl2N3O4S/c1-21-17-24(15-16-26(21)32)37(42(2,40)41)20-30(38)36(19-25-27(33)13-8-14-28(25)34)29(18-22-9-4-3-5-10-22)31(39)35-23-11-6-7-12-23/h3-5,8-10,13-17,23,29H,6-7,11-12,18-20H2,1-2H3,(H,35,39). The van der Waals surface area contributed by atoms with E-state index in [1.807, 2.05) is 37.3 Å². The predicted molar refractivity (Wildman–Crippen MR) is 172 cm³/mol. The van der Waals surface area contributed by atoms with Crippen molar-refractivity contribution in [1.29, 1.82) is 0 Å². The highest BCUT2D eigenvalue weighted by molar-refractivity contribution is 9.10. The molecule has 2 amide bonds. The zero-order chi connectivity index (χ0) is 30.4. The number of sulfonamides is 1. The minimum atomic E-state index is -3.87. The lowest BCUT2D eigenvalue weighted by Crippen LogP contribution is -2.54. The summed E-state index contributed by atoms with van der Waals surface area (Å²) in [6.07, 6.45) is 5.09. The Kier molecular flexibility index (Phi) is 11.0. The van der Waals surface area contributed by atoms with Gasteiger partial charge in [-0.15, -0.1) is 0 Å². The summed E-state index contributed by atoms with van der Waals surface area (Å²) < 4.78 is 27.9. The quantitative estimate of drug-likeness (QED) is 0.247. The van der Waals surface area contributed by atoms with Crippen molar-refractivity contribution in [3.05, 3.63) is 97.9 Å². The maximum atomic E-state index is 14.3. The Labute approximate surface area is 266 Å². The number of anilines is 1. The second-order valence-electron chi connectivity index (χ2n) is 10.6. The molecule has 3 aromatic rings. The second kappa shape index (κ2) is 14.3. The molecule has 1 N–H and O–H groups in total. The van der Waals surface area contributed by atoms with Gasteiger partial charge in [-0.1, -0.05) is 88.4 Å². The normalized spacial score (nSPS) is 14.4. The van der Waals surface area contributed by atoms with E-state index in [0.29, 0.717) is 21.3 Å². The van der Waals surface area contributed by atoms with Crippen molar-refractivity contribution in [2.45, 2.75) is 57.7 Å². The lowest BCUT2D eigenvalue weighted by Gasteiger charge is -2.34. The molecule has 7 nitrogen and oxygen atoms in total. The first-order chi connectivity index (χ1) is 19.9. The molecule has 4 rings (SSSR count). The van der Waals surface area contributed by atoms with E-state index >= 15 is 0 Å². The second-order valence-corrected chi connectivity index (χ2v) is 14.2. The summed E-state index contributed by atoms with van der Waals surface area (Å²) in [5.41, 5.74) is 2.49. The van der Waals surface area contributed by atoms with Gasteiger partial charge in [0.2, 0.25) is 21.8 Å². The largest absolute Gasteiger partial charge is 0.352 e. The third-order valence-corrected chi connectivity index (χ3v) is 10.2. The fourth-order valence-electron chi connectivity index (χ4n) is 5.17. The van der Waals surface area contributed by atoms with Crippen LogP contribution in [0.1, 0.15) is 42.4 Å². The van der Waals surface area contributed by atoms with Crippen LogP contribution in [0.3, 0.4) is 0 Å². The van der Waals surface area contributed by atoms with Crippen molar-refractivity contribution in [2.24, 2.45) is 0 Å². The van der Waals surface area contributed by atoms with E-state index in [9.17, 15) is 18.0 Å². The van der Waals surface area contributed by atoms with Gasteiger partial charge in [0.05, 0.1) is 11.9 Å². The van der Waals surface area contributed by atoms with Gasteiger partial charge in [0.15, 0.2) is 0 Å². The lowest BCUT2D eigenvalue weighted by molar-refractivity contribution is -0.140. The van der Waals surface area contributed by atoms with Crippen LogP contribution in [-0.4, -0.2) is 50.0 Å². The van der Waals surface area contributed by atoms with Crippen LogP contribution in [0.2, 0.25) is 10.0 Å². The highest BCUT2D eigenvalue weighted by Crippen LogP contribution is 2.29. The topological polar surface area (TPSA) is 86.8 Å². The number of nitrogens with one attached hydrogen (secondary N) is 1. The first-order valence-corrected chi connectivity index (χ1v) is 17.1. The summed E-state index contributed by atoms with van der Waals surface area (Å²) in [6, 6.07) is 18.6. The van der Waals surface area contributed by atoms with Gasteiger partial charge in [0.25, 0.3) is 0 Å². The third kappa shape index (κ3) is 8.28. The predicted octanol–water partition coefficient (Wildman–Crippen LogP) is 6.53. The van der Waals surface area contributed by atoms with Crippen molar-refractivity contribution in [3.8, 4) is 0 Å². The zero-order valence-electron chi connectivity index (χ0n) is 23.5. The van der Waals surface area contributed by atoms with Crippen LogP contribution in [-0.2, 0) is 32.6 Å². The summed E-state index contributed by atoms with van der Waals surface area (Å²) in [4.78, 5) is 29.6. The molecule has 1 saturated carbocycles.